The van der Waals surface area contributed by atoms with Gasteiger partial charge in [-0.3, -0.25) is 0 Å². The van der Waals surface area contributed by atoms with Crippen molar-refractivity contribution in [3.63, 3.8) is 0 Å². The Morgan fingerprint density at radius 3 is 2.45 bits per heavy atom. The second kappa shape index (κ2) is 3.62. The van der Waals surface area contributed by atoms with Gasteiger partial charge in [0, 0.05) is 31.8 Å². The molecule has 3 aromatic carbocycles. The average Bonchev–Trinajstić information content (AvgIpc) is 3.31. The molecule has 5 rings (SSSR count). The first-order chi connectivity index (χ1) is 14.1. The largest absolute Gasteiger partial charge is 0.353 e. The van der Waals surface area contributed by atoms with Gasteiger partial charge in [0.05, 0.1) is 23.9 Å². The first kappa shape index (κ1) is 4.90. The normalized spacial score (nSPS) is 19.0. The van der Waals surface area contributed by atoms with Crippen molar-refractivity contribution in [3.05, 3.63) is 60.4 Å². The number of aromatic amines is 1. The summed E-state index contributed by atoms with van der Waals surface area (Å²) in [6, 6.07) is -3.28. The monoisotopic (exact) mass is 283 g/mol. The highest BCUT2D eigenvalue weighted by Gasteiger charge is 2.11. The van der Waals surface area contributed by atoms with Crippen LogP contribution in [0.3, 0.4) is 0 Å². The number of hydrogen-bond donors (Lipinski definition) is 1. The number of thiophene rings is 1. The van der Waals surface area contributed by atoms with Crippen LogP contribution in [0.15, 0.2) is 60.4 Å². The van der Waals surface area contributed by atoms with E-state index in [0.29, 0.717) is 10.2 Å². The number of rotatable bonds is 0. The molecule has 0 amide bonds. The highest BCUT2D eigenvalue weighted by molar-refractivity contribution is 7.26. The van der Waals surface area contributed by atoms with Crippen molar-refractivity contribution in [1.82, 2.24) is 4.98 Å². The SMILES string of the molecule is [2H]c1c([2H])c([2H])c2c([nH]c3c4sc5c([2H])c([2H])c([2H])c([2H])c5c4c([2H])c([2H])c32)c1[2H]. The van der Waals surface area contributed by atoms with Gasteiger partial charge < -0.3 is 4.98 Å². The number of nitrogens with one attached hydrogen (secondary N) is 1. The summed E-state index contributed by atoms with van der Waals surface area (Å²) < 4.78 is 82.5. The Hall–Kier alpha value is -2.32. The summed E-state index contributed by atoms with van der Waals surface area (Å²) in [5, 5.41) is 0.672. The summed E-state index contributed by atoms with van der Waals surface area (Å²) >= 11 is 1.05. The van der Waals surface area contributed by atoms with Gasteiger partial charge in [0.1, 0.15) is 0 Å². The van der Waals surface area contributed by atoms with Crippen molar-refractivity contribution in [1.29, 1.82) is 0 Å². The van der Waals surface area contributed by atoms with E-state index in [4.69, 9.17) is 13.7 Å². The maximum Gasteiger partial charge on any atom is 0.0646 e. The van der Waals surface area contributed by atoms with Crippen molar-refractivity contribution in [2.75, 3.05) is 0 Å². The Balaban J connectivity index is 2.16. The van der Waals surface area contributed by atoms with Crippen molar-refractivity contribution in [3.8, 4) is 0 Å². The minimum Gasteiger partial charge on any atom is -0.353 e. The van der Waals surface area contributed by atoms with Gasteiger partial charge in [0.25, 0.3) is 0 Å². The topological polar surface area (TPSA) is 15.8 Å². The predicted octanol–water partition coefficient (Wildman–Crippen LogP) is 5.69. The highest BCUT2D eigenvalue weighted by Crippen LogP contribution is 2.39. The average molecular weight is 283 g/mol. The number of fused-ring (bicyclic) bond motifs is 7. The molecule has 0 saturated carbocycles. The van der Waals surface area contributed by atoms with Gasteiger partial charge >= 0.3 is 0 Å². The highest BCUT2D eigenvalue weighted by atomic mass is 32.1. The molecular weight excluding hydrogens is 262 g/mol. The molecule has 0 radical (unpaired) electrons. The zero-order valence-corrected chi connectivity index (χ0v) is 10.7. The molecule has 2 aromatic heterocycles. The molecule has 0 bridgehead atoms. The molecule has 0 aliphatic carbocycles. The standard InChI is InChI=1S/C18H11NS/c1-3-7-15-11(5-1)13-9-10-14-12-6-2-4-8-16(12)20-18(14)17(13)19-15/h1-10,19H/i1D,2D,3D,4D,5D,6D,7D,8D,9D,10D. The Bertz CT molecular complexity index is 1480. The van der Waals surface area contributed by atoms with Crippen LogP contribution >= 0.6 is 11.3 Å². The molecule has 0 unspecified atom stereocenters. The third-order valence-electron chi connectivity index (χ3n) is 3.31. The van der Waals surface area contributed by atoms with Crippen molar-refractivity contribution < 1.29 is 13.7 Å². The minimum atomic E-state index is -0.435. The molecule has 0 atom stereocenters. The van der Waals surface area contributed by atoms with E-state index in [2.05, 4.69) is 4.98 Å². The molecule has 0 aliphatic rings. The minimum absolute atomic E-state index is 0.119. The quantitative estimate of drug-likeness (QED) is 0.376. The van der Waals surface area contributed by atoms with Crippen LogP contribution in [0.4, 0.5) is 0 Å². The smallest absolute Gasteiger partial charge is 0.0646 e. The van der Waals surface area contributed by atoms with Crippen LogP contribution in [0.2, 0.25) is 0 Å². The fourth-order valence-electron chi connectivity index (χ4n) is 2.44. The first-order valence-corrected chi connectivity index (χ1v) is 6.72. The zero-order chi connectivity index (χ0) is 21.8. The fraction of sp³-hybridized carbons (Fsp3) is 0. The molecule has 2 heteroatoms. The molecule has 5 aromatic rings. The lowest BCUT2D eigenvalue weighted by molar-refractivity contribution is 1.57. The number of hydrogen-bond acceptors (Lipinski definition) is 1. The van der Waals surface area contributed by atoms with E-state index >= 15 is 0 Å². The van der Waals surface area contributed by atoms with Gasteiger partial charge in [-0.1, -0.05) is 48.3 Å². The number of benzene rings is 3. The van der Waals surface area contributed by atoms with E-state index in [-0.39, 0.29) is 74.1 Å². The third-order valence-corrected chi connectivity index (χ3v) is 4.43. The van der Waals surface area contributed by atoms with E-state index in [1.54, 1.807) is 0 Å². The lowest BCUT2D eigenvalue weighted by Crippen LogP contribution is -1.69. The molecular formula is C18H11NS. The Labute approximate surface area is 133 Å². The van der Waals surface area contributed by atoms with Crippen LogP contribution in [-0.2, 0) is 0 Å². The first-order valence-electron chi connectivity index (χ1n) is 10.9. The summed E-state index contributed by atoms with van der Waals surface area (Å²) in [6.45, 7) is 0. The molecule has 0 saturated heterocycles. The second-order valence-electron chi connectivity index (χ2n) is 4.39. The van der Waals surface area contributed by atoms with Crippen LogP contribution in [0.25, 0.3) is 42.0 Å². The van der Waals surface area contributed by atoms with Gasteiger partial charge in [0.2, 0.25) is 0 Å². The summed E-state index contributed by atoms with van der Waals surface area (Å²) in [5.41, 5.74) is 0.444. The summed E-state index contributed by atoms with van der Waals surface area (Å²) in [4.78, 5) is 2.98. The third kappa shape index (κ3) is 1.22. The van der Waals surface area contributed by atoms with Crippen molar-refractivity contribution >= 4 is 53.3 Å². The lowest BCUT2D eigenvalue weighted by Gasteiger charge is -1.93. The molecule has 20 heavy (non-hydrogen) atoms. The predicted molar refractivity (Wildman–Crippen MR) is 88.7 cm³/mol. The van der Waals surface area contributed by atoms with E-state index in [1.807, 2.05) is 0 Å². The Morgan fingerprint density at radius 1 is 0.750 bits per heavy atom. The van der Waals surface area contributed by atoms with Gasteiger partial charge in [0.15, 0.2) is 0 Å². The van der Waals surface area contributed by atoms with E-state index in [0.717, 1.165) is 11.3 Å². The van der Waals surface area contributed by atoms with E-state index in [9.17, 15) is 0 Å². The van der Waals surface area contributed by atoms with Crippen molar-refractivity contribution in [2.24, 2.45) is 0 Å². The molecule has 94 valence electrons. The number of H-pyrrole nitrogens is 1. The zero-order valence-electron chi connectivity index (χ0n) is 19.9. The Kier molecular flexibility index (Phi) is 0.886. The maximum atomic E-state index is 8.56. The molecule has 0 fully saturated rings. The molecule has 1 nitrogen and oxygen atoms in total. The maximum absolute atomic E-state index is 8.56. The number of aromatic nitrogens is 1. The number of para-hydroxylation sites is 1. The van der Waals surface area contributed by atoms with Crippen LogP contribution < -0.4 is 0 Å². The van der Waals surface area contributed by atoms with Gasteiger partial charge in [-0.25, -0.2) is 0 Å². The van der Waals surface area contributed by atoms with Crippen LogP contribution in [-0.4, -0.2) is 4.98 Å². The molecule has 0 spiro atoms. The van der Waals surface area contributed by atoms with E-state index in [1.165, 1.54) is 0 Å². The summed E-state index contributed by atoms with van der Waals surface area (Å²) in [6.07, 6.45) is 0. The van der Waals surface area contributed by atoms with Gasteiger partial charge in [-0.05, 0) is 12.1 Å². The molecule has 1 N–H and O–H groups in total. The fourth-order valence-corrected chi connectivity index (χ4v) is 3.51. The van der Waals surface area contributed by atoms with Crippen LogP contribution in [0, 0.1) is 0 Å². The lowest BCUT2D eigenvalue weighted by atomic mass is 10.1. The Morgan fingerprint density at radius 2 is 1.50 bits per heavy atom. The second-order valence-corrected chi connectivity index (χ2v) is 5.41. The summed E-state index contributed by atoms with van der Waals surface area (Å²) in [5.74, 6) is 0. The van der Waals surface area contributed by atoms with Gasteiger partial charge in [-0.15, -0.1) is 11.3 Å². The van der Waals surface area contributed by atoms with Gasteiger partial charge in [-0.2, -0.15) is 0 Å². The summed E-state index contributed by atoms with van der Waals surface area (Å²) in [7, 11) is 0. The van der Waals surface area contributed by atoms with Crippen LogP contribution in [0.5, 0.6) is 0 Å². The van der Waals surface area contributed by atoms with Crippen molar-refractivity contribution in [2.45, 2.75) is 0 Å². The van der Waals surface area contributed by atoms with E-state index < -0.39 is 18.1 Å². The van der Waals surface area contributed by atoms with Crippen LogP contribution in [0.1, 0.15) is 13.7 Å². The molecule has 0 aliphatic heterocycles. The molecule has 2 heterocycles.